The van der Waals surface area contributed by atoms with Crippen LogP contribution in [-0.4, -0.2) is 64.5 Å². The van der Waals surface area contributed by atoms with Crippen molar-refractivity contribution in [2.75, 3.05) is 37.0 Å². The van der Waals surface area contributed by atoms with Crippen molar-refractivity contribution in [1.82, 2.24) is 9.03 Å². The average molecular weight is 560 g/mol. The standard InChI is InChI=1S/C22H26ClN3O6S3/c1-34(29,30)26(35(2,31)32)14-22(9-10-22)16-3-5-17(6-4-16)25-13-15(11-20(25)27)12-24-21(28)18-7-8-19(23)33-18/h3-8,15H,9-14H2,1-2H3,(H,24,28). The molecule has 1 aliphatic carbocycles. The number of amides is 2. The van der Waals surface area contributed by atoms with Crippen molar-refractivity contribution in [2.45, 2.75) is 24.7 Å². The fourth-order valence-corrected chi connectivity index (χ4v) is 8.23. The number of rotatable bonds is 9. The van der Waals surface area contributed by atoms with E-state index in [0.717, 1.165) is 18.1 Å². The first kappa shape index (κ1) is 26.1. The molecule has 2 aliphatic rings. The van der Waals surface area contributed by atoms with E-state index in [4.69, 9.17) is 11.6 Å². The summed E-state index contributed by atoms with van der Waals surface area (Å²) in [5, 5.41) is 2.86. The van der Waals surface area contributed by atoms with Gasteiger partial charge in [0, 0.05) is 43.1 Å². The smallest absolute Gasteiger partial charge is 0.261 e. The first-order chi connectivity index (χ1) is 16.3. The largest absolute Gasteiger partial charge is 0.351 e. The van der Waals surface area contributed by atoms with Crippen LogP contribution in [0.15, 0.2) is 36.4 Å². The summed E-state index contributed by atoms with van der Waals surface area (Å²) >= 11 is 7.07. The second kappa shape index (κ2) is 9.47. The maximum Gasteiger partial charge on any atom is 0.261 e. The minimum atomic E-state index is -3.93. The van der Waals surface area contributed by atoms with Gasteiger partial charge in [0.15, 0.2) is 0 Å². The molecule has 13 heteroatoms. The van der Waals surface area contributed by atoms with Crippen LogP contribution >= 0.6 is 22.9 Å². The number of anilines is 1. The molecule has 1 saturated carbocycles. The second-order valence-electron chi connectivity index (χ2n) is 9.17. The molecule has 0 bridgehead atoms. The highest BCUT2D eigenvalue weighted by molar-refractivity contribution is 8.03. The Hall–Kier alpha value is -1.99. The molecule has 4 rings (SSSR count). The molecular weight excluding hydrogens is 534 g/mol. The summed E-state index contributed by atoms with van der Waals surface area (Å²) in [4.78, 5) is 27.1. The summed E-state index contributed by atoms with van der Waals surface area (Å²) in [7, 11) is -7.86. The van der Waals surface area contributed by atoms with Crippen molar-refractivity contribution in [1.29, 1.82) is 0 Å². The summed E-state index contributed by atoms with van der Waals surface area (Å²) in [5.41, 5.74) is 0.983. The molecule has 35 heavy (non-hydrogen) atoms. The first-order valence-electron chi connectivity index (χ1n) is 10.9. The molecule has 1 atom stereocenters. The molecule has 1 aromatic carbocycles. The molecule has 1 aliphatic heterocycles. The summed E-state index contributed by atoms with van der Waals surface area (Å²) in [6.07, 6.45) is 3.44. The van der Waals surface area contributed by atoms with Gasteiger partial charge < -0.3 is 10.2 Å². The molecule has 1 unspecified atom stereocenters. The minimum absolute atomic E-state index is 0.0329. The lowest BCUT2D eigenvalue weighted by atomic mass is 9.96. The number of nitrogens with one attached hydrogen (secondary N) is 1. The number of benzene rings is 1. The highest BCUT2D eigenvalue weighted by atomic mass is 35.5. The van der Waals surface area contributed by atoms with Gasteiger partial charge in [-0.2, -0.15) is 0 Å². The average Bonchev–Trinajstić information content (AvgIpc) is 3.28. The summed E-state index contributed by atoms with van der Waals surface area (Å²) in [5.74, 6) is -0.295. The molecule has 0 spiro atoms. The zero-order chi connectivity index (χ0) is 25.6. The zero-order valence-electron chi connectivity index (χ0n) is 19.2. The Morgan fingerprint density at radius 1 is 1.11 bits per heavy atom. The molecule has 0 radical (unpaired) electrons. The molecule has 9 nitrogen and oxygen atoms in total. The predicted molar refractivity (Wildman–Crippen MR) is 136 cm³/mol. The molecule has 1 aromatic heterocycles. The third kappa shape index (κ3) is 5.88. The number of carbonyl (C=O) groups is 2. The van der Waals surface area contributed by atoms with Crippen molar-refractivity contribution in [3.8, 4) is 0 Å². The van der Waals surface area contributed by atoms with Gasteiger partial charge >= 0.3 is 0 Å². The van der Waals surface area contributed by atoms with Gasteiger partial charge in [-0.3, -0.25) is 9.59 Å². The number of carbonyl (C=O) groups excluding carboxylic acids is 2. The maximum atomic E-state index is 12.6. The van der Waals surface area contributed by atoms with Gasteiger partial charge in [0.2, 0.25) is 26.0 Å². The van der Waals surface area contributed by atoms with Gasteiger partial charge in [-0.1, -0.05) is 27.4 Å². The summed E-state index contributed by atoms with van der Waals surface area (Å²) in [6, 6.07) is 10.6. The van der Waals surface area contributed by atoms with Gasteiger partial charge in [-0.15, -0.1) is 11.3 Å². The first-order valence-corrected chi connectivity index (χ1v) is 15.8. The normalized spacial score (nSPS) is 19.8. The van der Waals surface area contributed by atoms with Crippen LogP contribution in [-0.2, 0) is 30.3 Å². The van der Waals surface area contributed by atoms with Crippen LogP contribution in [0, 0.1) is 5.92 Å². The molecular formula is C22H26ClN3O6S3. The number of halogens is 1. The summed E-state index contributed by atoms with van der Waals surface area (Å²) in [6.45, 7) is 0.694. The van der Waals surface area contributed by atoms with Crippen molar-refractivity contribution < 1.29 is 26.4 Å². The Labute approximate surface area is 214 Å². The second-order valence-corrected chi connectivity index (χ2v) is 14.9. The van der Waals surface area contributed by atoms with E-state index in [2.05, 4.69) is 5.32 Å². The van der Waals surface area contributed by atoms with Crippen LogP contribution in [0.5, 0.6) is 0 Å². The molecule has 2 amide bonds. The Balaban J connectivity index is 1.40. The molecule has 1 saturated heterocycles. The van der Waals surface area contributed by atoms with Crippen molar-refractivity contribution >= 4 is 60.5 Å². The van der Waals surface area contributed by atoms with Crippen LogP contribution in [0.2, 0.25) is 4.34 Å². The van der Waals surface area contributed by atoms with E-state index in [1.165, 1.54) is 11.3 Å². The van der Waals surface area contributed by atoms with Gasteiger partial charge in [-0.05, 0) is 42.7 Å². The van der Waals surface area contributed by atoms with E-state index < -0.39 is 25.5 Å². The van der Waals surface area contributed by atoms with Crippen LogP contribution < -0.4 is 10.2 Å². The number of sulfonamides is 2. The quantitative estimate of drug-likeness (QED) is 0.504. The van der Waals surface area contributed by atoms with Crippen molar-refractivity contribution in [2.24, 2.45) is 5.92 Å². The van der Waals surface area contributed by atoms with E-state index in [9.17, 15) is 26.4 Å². The monoisotopic (exact) mass is 559 g/mol. The number of hydrogen-bond acceptors (Lipinski definition) is 7. The number of hydrogen-bond donors (Lipinski definition) is 1. The van der Waals surface area contributed by atoms with Gasteiger partial charge in [0.1, 0.15) is 0 Å². The van der Waals surface area contributed by atoms with E-state index >= 15 is 0 Å². The third-order valence-corrected chi connectivity index (χ3v) is 11.0. The van der Waals surface area contributed by atoms with Crippen LogP contribution in [0.1, 0.15) is 34.5 Å². The number of thiophene rings is 1. The highest BCUT2D eigenvalue weighted by Crippen LogP contribution is 2.49. The Morgan fingerprint density at radius 2 is 1.74 bits per heavy atom. The van der Waals surface area contributed by atoms with Crippen LogP contribution in [0.3, 0.4) is 0 Å². The topological polar surface area (TPSA) is 121 Å². The molecule has 2 fully saturated rings. The Kier molecular flexibility index (Phi) is 7.06. The molecule has 1 N–H and O–H groups in total. The molecule has 2 aromatic rings. The third-order valence-electron chi connectivity index (χ3n) is 6.37. The van der Waals surface area contributed by atoms with Crippen LogP contribution in [0.4, 0.5) is 5.69 Å². The Morgan fingerprint density at radius 3 is 2.26 bits per heavy atom. The van der Waals surface area contributed by atoms with E-state index in [0.29, 0.717) is 51.0 Å². The van der Waals surface area contributed by atoms with Gasteiger partial charge in [-0.25, -0.2) is 16.8 Å². The maximum absolute atomic E-state index is 12.6. The number of nitrogens with zero attached hydrogens (tertiary/aromatic N) is 2. The van der Waals surface area contributed by atoms with E-state index in [1.54, 1.807) is 29.2 Å². The predicted octanol–water partition coefficient (Wildman–Crippen LogP) is 2.44. The lowest BCUT2D eigenvalue weighted by Gasteiger charge is -2.25. The molecule has 2 heterocycles. The summed E-state index contributed by atoms with van der Waals surface area (Å²) < 4.78 is 49.3. The van der Waals surface area contributed by atoms with Gasteiger partial charge in [0.25, 0.3) is 5.91 Å². The molecule has 190 valence electrons. The lowest BCUT2D eigenvalue weighted by molar-refractivity contribution is -0.117. The minimum Gasteiger partial charge on any atom is -0.351 e. The lowest BCUT2D eigenvalue weighted by Crippen LogP contribution is -2.40. The SMILES string of the molecule is CS(=O)(=O)N(CC1(c2ccc(N3CC(CNC(=O)c4ccc(Cl)s4)CC3=O)cc2)CC1)S(C)(=O)=O. The fourth-order valence-electron chi connectivity index (χ4n) is 4.34. The van der Waals surface area contributed by atoms with Gasteiger partial charge in [0.05, 0.1) is 21.7 Å². The Bertz CT molecular complexity index is 1320. The van der Waals surface area contributed by atoms with Crippen molar-refractivity contribution in [3.63, 3.8) is 0 Å². The van der Waals surface area contributed by atoms with Crippen LogP contribution in [0.25, 0.3) is 0 Å². The van der Waals surface area contributed by atoms with E-state index in [1.807, 2.05) is 12.1 Å². The highest BCUT2D eigenvalue weighted by Gasteiger charge is 2.49. The zero-order valence-corrected chi connectivity index (χ0v) is 22.4. The van der Waals surface area contributed by atoms with Crippen molar-refractivity contribution in [3.05, 3.63) is 51.2 Å². The van der Waals surface area contributed by atoms with E-state index in [-0.39, 0.29) is 24.3 Å². The fraction of sp³-hybridized carbons (Fsp3) is 0.455.